The zero-order valence-electron chi connectivity index (χ0n) is 15.9. The molecule has 1 fully saturated rings. The summed E-state index contributed by atoms with van der Waals surface area (Å²) in [6.07, 6.45) is 0.686. The van der Waals surface area contributed by atoms with Gasteiger partial charge in [0, 0.05) is 17.2 Å². The second-order valence-electron chi connectivity index (χ2n) is 7.26. The molecule has 5 nitrogen and oxygen atoms in total. The van der Waals surface area contributed by atoms with Crippen molar-refractivity contribution in [2.75, 3.05) is 5.32 Å². The first kappa shape index (κ1) is 18.7. The van der Waals surface area contributed by atoms with Crippen LogP contribution in [0.5, 0.6) is 0 Å². The highest BCUT2D eigenvalue weighted by molar-refractivity contribution is 6.04. The van der Waals surface area contributed by atoms with E-state index in [1.807, 2.05) is 66.7 Å². The second kappa shape index (κ2) is 8.19. The number of benzene rings is 3. The third-order valence-corrected chi connectivity index (χ3v) is 5.04. The van der Waals surface area contributed by atoms with Crippen molar-refractivity contribution < 1.29 is 14.3 Å². The van der Waals surface area contributed by atoms with Crippen molar-refractivity contribution in [3.63, 3.8) is 0 Å². The average molecular weight is 386 g/mol. The topological polar surface area (TPSA) is 81.4 Å². The van der Waals surface area contributed by atoms with E-state index in [-0.39, 0.29) is 17.9 Å². The monoisotopic (exact) mass is 386 g/mol. The maximum Gasteiger partial charge on any atom is 0.404 e. The van der Waals surface area contributed by atoms with Crippen LogP contribution in [0.1, 0.15) is 39.4 Å². The third kappa shape index (κ3) is 4.82. The van der Waals surface area contributed by atoms with Crippen molar-refractivity contribution in [2.45, 2.75) is 24.9 Å². The van der Waals surface area contributed by atoms with Gasteiger partial charge in [0.15, 0.2) is 0 Å². The van der Waals surface area contributed by atoms with Crippen LogP contribution in [-0.4, -0.2) is 18.1 Å². The van der Waals surface area contributed by atoms with E-state index in [2.05, 4.69) is 17.4 Å². The molecule has 4 rings (SSSR count). The Hall–Kier alpha value is -3.60. The fraction of sp³-hybridized carbons (Fsp3) is 0.167. The van der Waals surface area contributed by atoms with Gasteiger partial charge in [-0.1, -0.05) is 54.6 Å². The van der Waals surface area contributed by atoms with Crippen molar-refractivity contribution in [1.29, 1.82) is 0 Å². The molecule has 1 aliphatic rings. The highest BCUT2D eigenvalue weighted by atomic mass is 16.6. The molecule has 3 N–H and O–H groups in total. The molecular formula is C24H22N2O3. The number of amides is 2. The Balaban J connectivity index is 1.38. The van der Waals surface area contributed by atoms with E-state index in [0.29, 0.717) is 5.56 Å². The number of nitrogens with one attached hydrogen (secondary N) is 1. The molecule has 2 amide bonds. The predicted molar refractivity (Wildman–Crippen MR) is 112 cm³/mol. The fourth-order valence-electron chi connectivity index (χ4n) is 3.47. The minimum atomic E-state index is -0.740. The number of nitrogens with two attached hydrogens (primary N) is 1. The van der Waals surface area contributed by atoms with Gasteiger partial charge in [0.2, 0.25) is 0 Å². The molecule has 1 saturated carbocycles. The van der Waals surface area contributed by atoms with Gasteiger partial charge in [-0.2, -0.15) is 0 Å². The summed E-state index contributed by atoms with van der Waals surface area (Å²) in [6.45, 7) is 0. The zero-order valence-corrected chi connectivity index (χ0v) is 15.9. The highest BCUT2D eigenvalue weighted by Crippen LogP contribution is 2.43. The first-order valence-corrected chi connectivity index (χ1v) is 9.59. The largest absolute Gasteiger partial charge is 0.446 e. The summed E-state index contributed by atoms with van der Waals surface area (Å²) in [6, 6.07) is 25.4. The molecule has 0 aliphatic heterocycles. The van der Waals surface area contributed by atoms with E-state index < -0.39 is 6.09 Å². The lowest BCUT2D eigenvalue weighted by Gasteiger charge is -2.08. The predicted octanol–water partition coefficient (Wildman–Crippen LogP) is 4.48. The molecule has 0 aromatic heterocycles. The molecule has 29 heavy (non-hydrogen) atoms. The Labute approximate surface area is 169 Å². The summed E-state index contributed by atoms with van der Waals surface area (Å²) >= 11 is 0. The van der Waals surface area contributed by atoms with Gasteiger partial charge in [-0.3, -0.25) is 4.79 Å². The number of carbonyl (C=O) groups is 2. The van der Waals surface area contributed by atoms with Crippen molar-refractivity contribution >= 4 is 17.7 Å². The smallest absolute Gasteiger partial charge is 0.404 e. The normalized spacial score (nSPS) is 17.4. The molecule has 0 radical (unpaired) electrons. The van der Waals surface area contributed by atoms with E-state index in [1.165, 1.54) is 5.56 Å². The molecule has 2 atom stereocenters. The van der Waals surface area contributed by atoms with Gasteiger partial charge in [0.1, 0.15) is 6.10 Å². The summed E-state index contributed by atoms with van der Waals surface area (Å²) in [5, 5.41) is 2.93. The summed E-state index contributed by atoms with van der Waals surface area (Å²) < 4.78 is 5.00. The lowest BCUT2D eigenvalue weighted by molar-refractivity contribution is 0.102. The Morgan fingerprint density at radius 3 is 2.38 bits per heavy atom. The molecule has 0 saturated heterocycles. The fourth-order valence-corrected chi connectivity index (χ4v) is 3.47. The zero-order chi connectivity index (χ0) is 20.2. The van der Waals surface area contributed by atoms with Crippen LogP contribution < -0.4 is 11.1 Å². The first-order valence-electron chi connectivity index (χ1n) is 9.59. The number of rotatable bonds is 6. The number of carbonyl (C=O) groups excluding carboxylic acids is 2. The van der Waals surface area contributed by atoms with Crippen LogP contribution >= 0.6 is 0 Å². The van der Waals surface area contributed by atoms with Gasteiger partial charge in [-0.05, 0) is 53.8 Å². The Morgan fingerprint density at radius 1 is 0.931 bits per heavy atom. The van der Waals surface area contributed by atoms with E-state index in [0.717, 1.165) is 29.7 Å². The van der Waals surface area contributed by atoms with E-state index >= 15 is 0 Å². The number of hydrogen-bond donors (Lipinski definition) is 2. The van der Waals surface area contributed by atoms with E-state index in [4.69, 9.17) is 10.5 Å². The maximum absolute atomic E-state index is 12.6. The van der Waals surface area contributed by atoms with Crippen molar-refractivity contribution in [3.05, 3.63) is 101 Å². The van der Waals surface area contributed by atoms with Gasteiger partial charge in [-0.25, -0.2) is 4.79 Å². The molecule has 3 aromatic carbocycles. The van der Waals surface area contributed by atoms with E-state index in [1.54, 1.807) is 0 Å². The maximum atomic E-state index is 12.6. The lowest BCUT2D eigenvalue weighted by atomic mass is 10.0. The molecule has 1 aliphatic carbocycles. The van der Waals surface area contributed by atoms with Gasteiger partial charge in [0.25, 0.3) is 5.91 Å². The summed E-state index contributed by atoms with van der Waals surface area (Å²) in [7, 11) is 0. The Bertz CT molecular complexity index is 1020. The van der Waals surface area contributed by atoms with Gasteiger partial charge >= 0.3 is 6.09 Å². The minimum Gasteiger partial charge on any atom is -0.446 e. The van der Waals surface area contributed by atoms with Crippen LogP contribution in [0.4, 0.5) is 10.5 Å². The molecule has 0 spiro atoms. The number of anilines is 1. The second-order valence-corrected chi connectivity index (χ2v) is 7.26. The van der Waals surface area contributed by atoms with Crippen LogP contribution in [0.15, 0.2) is 78.9 Å². The molecule has 2 unspecified atom stereocenters. The molecule has 3 aromatic rings. The minimum absolute atomic E-state index is 0.139. The van der Waals surface area contributed by atoms with Crippen LogP contribution in [-0.2, 0) is 11.2 Å². The molecular weight excluding hydrogens is 364 g/mol. The molecule has 0 bridgehead atoms. The highest BCUT2D eigenvalue weighted by Gasteiger charge is 2.41. The molecule has 5 heteroatoms. The van der Waals surface area contributed by atoms with Gasteiger partial charge in [0.05, 0.1) is 0 Å². The molecule has 146 valence electrons. The lowest BCUT2D eigenvalue weighted by Crippen LogP contribution is -2.15. The van der Waals surface area contributed by atoms with Crippen molar-refractivity contribution in [1.82, 2.24) is 0 Å². The SMILES string of the molecule is NC(=O)OC1CC1c1ccc(NC(=O)c2cccc(Cc3ccccc3)c2)cc1. The summed E-state index contributed by atoms with van der Waals surface area (Å²) in [5.74, 6) is 0.0379. The summed E-state index contributed by atoms with van der Waals surface area (Å²) in [5.41, 5.74) is 9.77. The van der Waals surface area contributed by atoms with Crippen molar-refractivity contribution in [3.8, 4) is 0 Å². The van der Waals surface area contributed by atoms with Crippen LogP contribution in [0.2, 0.25) is 0 Å². The standard InChI is InChI=1S/C24H22N2O3/c25-24(28)29-22-15-21(22)18-9-11-20(12-10-18)26-23(27)19-8-4-7-17(14-19)13-16-5-2-1-3-6-16/h1-12,14,21-22H,13,15H2,(H2,25,28)(H,26,27). The van der Waals surface area contributed by atoms with Crippen LogP contribution in [0.25, 0.3) is 0 Å². The van der Waals surface area contributed by atoms with Gasteiger partial charge < -0.3 is 15.8 Å². The van der Waals surface area contributed by atoms with Gasteiger partial charge in [-0.15, -0.1) is 0 Å². The van der Waals surface area contributed by atoms with E-state index in [9.17, 15) is 9.59 Å². The molecule has 0 heterocycles. The average Bonchev–Trinajstić information content (AvgIpc) is 3.48. The van der Waals surface area contributed by atoms with Crippen molar-refractivity contribution in [2.24, 2.45) is 5.73 Å². The Morgan fingerprint density at radius 2 is 1.66 bits per heavy atom. The summed E-state index contributed by atoms with van der Waals surface area (Å²) in [4.78, 5) is 23.5. The number of primary amides is 1. The number of ether oxygens (including phenoxy) is 1. The quantitative estimate of drug-likeness (QED) is 0.655. The third-order valence-electron chi connectivity index (χ3n) is 5.04. The first-order chi connectivity index (χ1) is 14.1. The van der Waals surface area contributed by atoms with Crippen LogP contribution in [0.3, 0.4) is 0 Å². The van der Waals surface area contributed by atoms with Crippen LogP contribution in [0, 0.1) is 0 Å². The Kier molecular flexibility index (Phi) is 5.29. The number of hydrogen-bond acceptors (Lipinski definition) is 3.